The molecule has 0 fully saturated rings. The third-order valence-electron chi connectivity index (χ3n) is 7.59. The molecule has 0 aromatic heterocycles. The summed E-state index contributed by atoms with van der Waals surface area (Å²) in [5.74, 6) is -1.01. The quantitative estimate of drug-likeness (QED) is 0.427. The van der Waals surface area contributed by atoms with Crippen LogP contribution in [0.1, 0.15) is 50.4 Å². The normalized spacial score (nSPS) is 18.9. The van der Waals surface area contributed by atoms with E-state index in [1.54, 1.807) is 41.3 Å². The molecule has 0 N–H and O–H groups in total. The Kier molecular flexibility index (Phi) is 6.01. The molecule has 3 heterocycles. The van der Waals surface area contributed by atoms with Gasteiger partial charge in [-0.1, -0.05) is 36.4 Å². The number of carbonyl (C=O) groups is 3. The Morgan fingerprint density at radius 1 is 0.921 bits per heavy atom. The summed E-state index contributed by atoms with van der Waals surface area (Å²) in [5, 5.41) is 0. The molecule has 1 atom stereocenters. The molecule has 10 heteroatoms. The second kappa shape index (κ2) is 9.14. The molecule has 3 aromatic rings. The van der Waals surface area contributed by atoms with Gasteiger partial charge in [0.05, 0.1) is 28.6 Å². The van der Waals surface area contributed by atoms with Crippen molar-refractivity contribution in [3.05, 3.63) is 93.0 Å². The van der Waals surface area contributed by atoms with E-state index in [0.717, 1.165) is 21.6 Å². The van der Waals surface area contributed by atoms with E-state index in [1.807, 2.05) is 24.3 Å². The number of halogens is 1. The van der Waals surface area contributed by atoms with Crippen molar-refractivity contribution in [1.29, 1.82) is 0 Å². The summed E-state index contributed by atoms with van der Waals surface area (Å²) < 4.78 is 30.3. The highest BCUT2D eigenvalue weighted by Gasteiger charge is 2.43. The van der Waals surface area contributed by atoms with E-state index >= 15 is 0 Å². The van der Waals surface area contributed by atoms with E-state index in [4.69, 9.17) is 0 Å². The molecule has 0 aliphatic carbocycles. The van der Waals surface area contributed by atoms with Gasteiger partial charge in [0.1, 0.15) is 0 Å². The Bertz CT molecular complexity index is 1600. The van der Waals surface area contributed by atoms with Crippen LogP contribution in [-0.2, 0) is 27.7 Å². The Morgan fingerprint density at radius 2 is 1.55 bits per heavy atom. The van der Waals surface area contributed by atoms with Gasteiger partial charge in [-0.25, -0.2) is 8.42 Å². The maximum atomic E-state index is 14.3. The van der Waals surface area contributed by atoms with Crippen LogP contribution in [0.5, 0.6) is 0 Å². The first-order valence-electron chi connectivity index (χ1n) is 12.3. The van der Waals surface area contributed by atoms with Crippen molar-refractivity contribution < 1.29 is 22.8 Å². The number of anilines is 1. The highest BCUT2D eigenvalue weighted by molar-refractivity contribution is 9.10. The van der Waals surface area contributed by atoms with E-state index in [9.17, 15) is 22.8 Å². The van der Waals surface area contributed by atoms with Gasteiger partial charge in [0.15, 0.2) is 0 Å². The number of rotatable bonds is 4. The second-order valence-electron chi connectivity index (χ2n) is 9.68. The van der Waals surface area contributed by atoms with Gasteiger partial charge in [0, 0.05) is 30.2 Å². The Hall–Kier alpha value is -3.34. The molecule has 0 saturated carbocycles. The minimum absolute atomic E-state index is 0.0520. The van der Waals surface area contributed by atoms with Crippen LogP contribution in [0.4, 0.5) is 5.69 Å². The lowest BCUT2D eigenvalue weighted by atomic mass is 9.94. The number of carbonyl (C=O) groups excluding carboxylic acids is 3. The van der Waals surface area contributed by atoms with Crippen LogP contribution in [0.15, 0.2) is 70.0 Å². The van der Waals surface area contributed by atoms with E-state index in [0.29, 0.717) is 40.7 Å². The number of nitrogens with zero attached hydrogens (tertiary/aromatic N) is 3. The van der Waals surface area contributed by atoms with Gasteiger partial charge in [-0.3, -0.25) is 19.3 Å². The Morgan fingerprint density at radius 3 is 2.24 bits per heavy atom. The lowest BCUT2D eigenvalue weighted by Gasteiger charge is -2.38. The Labute approximate surface area is 229 Å². The number of amides is 3. The summed E-state index contributed by atoms with van der Waals surface area (Å²) in [4.78, 5) is 41.4. The van der Waals surface area contributed by atoms with E-state index < -0.39 is 27.9 Å². The second-order valence-corrected chi connectivity index (χ2v) is 12.4. The average Bonchev–Trinajstić information content (AvgIpc) is 3.42. The van der Waals surface area contributed by atoms with Crippen molar-refractivity contribution in [3.63, 3.8) is 0 Å². The van der Waals surface area contributed by atoms with Gasteiger partial charge in [-0.2, -0.15) is 4.31 Å². The lowest BCUT2D eigenvalue weighted by Crippen LogP contribution is -2.46. The van der Waals surface area contributed by atoms with Crippen molar-refractivity contribution in [3.8, 4) is 0 Å². The largest absolute Gasteiger partial charge is 0.312 e. The standard InChI is InChI=1S/C28H24BrN3O5S/c1-17(33)30-12-10-19-14-23(29)26(15-24(19)30)38(36,37)32-13-11-18-6-2-3-7-20(18)25(32)16-31-27(34)21-8-4-5-9-22(21)28(31)35/h2-9,14-15,25H,10-13,16H2,1H3/t25-/m0/s1. The van der Waals surface area contributed by atoms with Crippen LogP contribution >= 0.6 is 15.9 Å². The van der Waals surface area contributed by atoms with E-state index in [1.165, 1.54) is 11.2 Å². The fourth-order valence-corrected chi connectivity index (χ4v) is 8.39. The monoisotopic (exact) mass is 593 g/mol. The fourth-order valence-electron chi connectivity index (χ4n) is 5.72. The van der Waals surface area contributed by atoms with Gasteiger partial charge in [-0.05, 0) is 69.7 Å². The third kappa shape index (κ3) is 3.81. The highest BCUT2D eigenvalue weighted by atomic mass is 79.9. The maximum Gasteiger partial charge on any atom is 0.261 e. The van der Waals surface area contributed by atoms with Crippen molar-refractivity contribution in [2.75, 3.05) is 24.5 Å². The number of hydrogen-bond acceptors (Lipinski definition) is 5. The zero-order chi connectivity index (χ0) is 26.8. The van der Waals surface area contributed by atoms with Gasteiger partial charge >= 0.3 is 0 Å². The van der Waals surface area contributed by atoms with Crippen LogP contribution in [0.3, 0.4) is 0 Å². The molecule has 3 amide bonds. The zero-order valence-corrected chi connectivity index (χ0v) is 23.0. The minimum Gasteiger partial charge on any atom is -0.312 e. The fraction of sp³-hybridized carbons (Fsp3) is 0.250. The van der Waals surface area contributed by atoms with Gasteiger partial charge in [0.2, 0.25) is 15.9 Å². The van der Waals surface area contributed by atoms with Gasteiger partial charge < -0.3 is 4.90 Å². The summed E-state index contributed by atoms with van der Waals surface area (Å²) in [6.45, 7) is 2.04. The molecule has 3 aliphatic rings. The molecule has 0 unspecified atom stereocenters. The predicted octanol–water partition coefficient (Wildman–Crippen LogP) is 3.94. The first-order valence-corrected chi connectivity index (χ1v) is 14.6. The maximum absolute atomic E-state index is 14.3. The summed E-state index contributed by atoms with van der Waals surface area (Å²) >= 11 is 3.46. The molecule has 0 spiro atoms. The zero-order valence-electron chi connectivity index (χ0n) is 20.6. The molecule has 38 heavy (non-hydrogen) atoms. The summed E-state index contributed by atoms with van der Waals surface area (Å²) in [5.41, 5.74) is 3.88. The topological polar surface area (TPSA) is 95.1 Å². The molecule has 3 aliphatic heterocycles. The van der Waals surface area contributed by atoms with Gasteiger partial charge in [0.25, 0.3) is 11.8 Å². The summed E-state index contributed by atoms with van der Waals surface area (Å²) in [7, 11) is -4.10. The highest BCUT2D eigenvalue weighted by Crippen LogP contribution is 2.41. The van der Waals surface area contributed by atoms with Crippen LogP contribution < -0.4 is 4.90 Å². The van der Waals surface area contributed by atoms with Crippen LogP contribution in [0.25, 0.3) is 0 Å². The summed E-state index contributed by atoms with van der Waals surface area (Å²) in [6, 6.07) is 16.7. The van der Waals surface area contributed by atoms with E-state index in [-0.39, 0.29) is 23.9 Å². The molecule has 0 radical (unpaired) electrons. The van der Waals surface area contributed by atoms with Crippen LogP contribution in [0, 0.1) is 0 Å². The number of imide groups is 1. The van der Waals surface area contributed by atoms with Crippen molar-refractivity contribution in [2.45, 2.75) is 30.7 Å². The minimum atomic E-state index is -4.10. The lowest BCUT2D eigenvalue weighted by molar-refractivity contribution is -0.116. The predicted molar refractivity (Wildman–Crippen MR) is 144 cm³/mol. The molecule has 8 nitrogen and oxygen atoms in total. The van der Waals surface area contributed by atoms with Gasteiger partial charge in [-0.15, -0.1) is 0 Å². The Balaban J connectivity index is 1.43. The SMILES string of the molecule is CC(=O)N1CCc2cc(Br)c(S(=O)(=O)N3CCc4ccccc4[C@@H]3CN3C(=O)c4ccccc4C3=O)cc21. The number of sulfonamides is 1. The third-order valence-corrected chi connectivity index (χ3v) is 10.5. The van der Waals surface area contributed by atoms with Crippen LogP contribution in [-0.4, -0.2) is 55.0 Å². The molecule has 194 valence electrons. The number of fused-ring (bicyclic) bond motifs is 3. The molecular formula is C28H24BrN3O5S. The van der Waals surface area contributed by atoms with Crippen molar-refractivity contribution in [2.24, 2.45) is 0 Å². The number of benzene rings is 3. The van der Waals surface area contributed by atoms with Crippen LogP contribution in [0.2, 0.25) is 0 Å². The first-order chi connectivity index (χ1) is 18.2. The molecule has 3 aromatic carbocycles. The van der Waals surface area contributed by atoms with E-state index in [2.05, 4.69) is 15.9 Å². The average molecular weight is 594 g/mol. The summed E-state index contributed by atoms with van der Waals surface area (Å²) in [6.07, 6.45) is 1.14. The molecule has 0 bridgehead atoms. The van der Waals surface area contributed by atoms with Crippen molar-refractivity contribution in [1.82, 2.24) is 9.21 Å². The van der Waals surface area contributed by atoms with Crippen molar-refractivity contribution >= 4 is 49.4 Å². The smallest absolute Gasteiger partial charge is 0.261 e. The number of hydrogen-bond donors (Lipinski definition) is 0. The molecule has 0 saturated heterocycles. The molecular weight excluding hydrogens is 570 g/mol. The molecule has 6 rings (SSSR count). The first kappa shape index (κ1) is 25.0.